The maximum absolute atomic E-state index is 15.0. The first-order valence-electron chi connectivity index (χ1n) is 21.0. The number of pyridine rings is 1. The molecule has 5 atom stereocenters. The lowest BCUT2D eigenvalue weighted by Crippen LogP contribution is -2.58. The van der Waals surface area contributed by atoms with E-state index in [1.165, 1.54) is 18.2 Å². The molecule has 4 aromatic rings. The van der Waals surface area contributed by atoms with Crippen LogP contribution in [0.25, 0.3) is 10.8 Å². The largest absolute Gasteiger partial charge is 0.494 e. The van der Waals surface area contributed by atoms with Crippen LogP contribution in [0.4, 0.5) is 5.69 Å². The first-order chi connectivity index (χ1) is 29.3. The van der Waals surface area contributed by atoms with E-state index in [2.05, 4.69) is 25.7 Å². The van der Waals surface area contributed by atoms with E-state index in [9.17, 15) is 27.6 Å². The molecule has 0 radical (unpaired) electrons. The van der Waals surface area contributed by atoms with Crippen LogP contribution >= 0.6 is 11.6 Å². The number of fused-ring (bicyclic) bond motifs is 1. The van der Waals surface area contributed by atoms with Gasteiger partial charge in [-0.2, -0.15) is 0 Å². The summed E-state index contributed by atoms with van der Waals surface area (Å²) in [5.74, 6) is -1.58. The Kier molecular flexibility index (Phi) is 12.3. The fourth-order valence-corrected chi connectivity index (χ4v) is 9.77. The fraction of sp³-hybridized carbons (Fsp3) is 0.457. The number of methoxy groups -OCH3 is 1. The molecule has 0 unspecified atom stereocenters. The summed E-state index contributed by atoms with van der Waals surface area (Å²) in [4.78, 5) is 62.6. The minimum absolute atomic E-state index is 0.0102. The van der Waals surface area contributed by atoms with Gasteiger partial charge in [-0.05, 0) is 92.5 Å². The molecule has 2 heterocycles. The Bertz CT molecular complexity index is 2470. The molecule has 2 aliphatic carbocycles. The summed E-state index contributed by atoms with van der Waals surface area (Å²) >= 11 is 6.40. The van der Waals surface area contributed by atoms with Gasteiger partial charge in [-0.15, -0.1) is 0 Å². The number of aromatic nitrogens is 1. The van der Waals surface area contributed by atoms with E-state index in [1.807, 2.05) is 71.9 Å². The number of likely N-dealkylation sites (tertiary alicyclic amines) is 1. The topological polar surface area (TPSA) is 185 Å². The number of sulfonamides is 1. The summed E-state index contributed by atoms with van der Waals surface area (Å²) in [5, 5.41) is 10.5. The normalized spacial score (nSPS) is 21.7. The highest BCUT2D eigenvalue weighted by atomic mass is 35.5. The maximum Gasteiger partial charge on any atom is 0.259 e. The summed E-state index contributed by atoms with van der Waals surface area (Å²) < 4.78 is 39.9. The van der Waals surface area contributed by atoms with Gasteiger partial charge >= 0.3 is 0 Å². The van der Waals surface area contributed by atoms with Gasteiger partial charge in [0.05, 0.1) is 30.6 Å². The van der Waals surface area contributed by atoms with Crippen molar-refractivity contribution in [3.8, 4) is 11.6 Å². The molecular formula is C46H55ClN6O8S. The van der Waals surface area contributed by atoms with Gasteiger partial charge < -0.3 is 30.3 Å². The van der Waals surface area contributed by atoms with E-state index in [1.54, 1.807) is 42.5 Å². The number of anilines is 1. The van der Waals surface area contributed by atoms with E-state index in [4.69, 9.17) is 21.1 Å². The smallest absolute Gasteiger partial charge is 0.259 e. The highest BCUT2D eigenvalue weighted by Gasteiger charge is 2.62. The molecular weight excluding hydrogens is 832 g/mol. The summed E-state index contributed by atoms with van der Waals surface area (Å²) in [6, 6.07) is 19.8. The third kappa shape index (κ3) is 9.34. The van der Waals surface area contributed by atoms with Gasteiger partial charge in [-0.25, -0.2) is 13.4 Å². The molecule has 1 saturated heterocycles. The van der Waals surface area contributed by atoms with Gasteiger partial charge in [0, 0.05) is 33.5 Å². The average molecular weight is 887 g/mol. The van der Waals surface area contributed by atoms with Crippen molar-refractivity contribution in [3.05, 3.63) is 95.1 Å². The minimum atomic E-state index is -3.89. The van der Waals surface area contributed by atoms with Gasteiger partial charge in [0.25, 0.3) is 11.8 Å². The summed E-state index contributed by atoms with van der Waals surface area (Å²) in [6.07, 6.45) is 2.58. The Morgan fingerprint density at radius 2 is 1.66 bits per heavy atom. The molecule has 1 aliphatic heterocycles. The van der Waals surface area contributed by atoms with Crippen LogP contribution < -0.4 is 30.1 Å². The van der Waals surface area contributed by atoms with Crippen molar-refractivity contribution in [2.24, 2.45) is 11.3 Å². The maximum atomic E-state index is 15.0. The lowest BCUT2D eigenvalue weighted by atomic mass is 9.85. The van der Waals surface area contributed by atoms with E-state index in [-0.39, 0.29) is 37.1 Å². The third-order valence-corrected chi connectivity index (χ3v) is 14.2. The second kappa shape index (κ2) is 17.0. The van der Waals surface area contributed by atoms with Gasteiger partial charge in [0.2, 0.25) is 27.7 Å². The molecule has 330 valence electrons. The first-order valence-corrected chi connectivity index (χ1v) is 22.9. The Morgan fingerprint density at radius 1 is 0.968 bits per heavy atom. The zero-order valence-corrected chi connectivity index (χ0v) is 37.7. The predicted molar refractivity (Wildman–Crippen MR) is 237 cm³/mol. The van der Waals surface area contributed by atoms with Gasteiger partial charge in [-0.3, -0.25) is 23.9 Å². The first kappa shape index (κ1) is 44.6. The number of carbonyl (C=O) groups is 4. The fourth-order valence-electron chi connectivity index (χ4n) is 8.23. The number of carbonyl (C=O) groups excluding carboxylic acids is 4. The zero-order valence-electron chi connectivity index (χ0n) is 36.1. The number of hydrogen-bond donors (Lipinski definition) is 4. The Labute approximate surface area is 367 Å². The number of halogens is 1. The van der Waals surface area contributed by atoms with Crippen LogP contribution in [0, 0.1) is 11.3 Å². The quantitative estimate of drug-likeness (QED) is 0.105. The third-order valence-electron chi connectivity index (χ3n) is 12.2. The molecule has 14 nitrogen and oxygen atoms in total. The van der Waals surface area contributed by atoms with Gasteiger partial charge in [0.15, 0.2) is 0 Å². The second-order valence-corrected chi connectivity index (χ2v) is 20.6. The summed E-state index contributed by atoms with van der Waals surface area (Å²) in [5.41, 5.74) is -0.801. The van der Waals surface area contributed by atoms with Crippen molar-refractivity contribution < 1.29 is 37.1 Å². The van der Waals surface area contributed by atoms with E-state index >= 15 is 0 Å². The number of amides is 4. The number of benzene rings is 3. The summed E-state index contributed by atoms with van der Waals surface area (Å²) in [7, 11) is -2.35. The molecule has 62 heavy (non-hydrogen) atoms. The second-order valence-electron chi connectivity index (χ2n) is 18.2. The Morgan fingerprint density at radius 3 is 2.27 bits per heavy atom. The molecule has 3 aliphatic rings. The zero-order chi connectivity index (χ0) is 44.8. The van der Waals surface area contributed by atoms with Crippen LogP contribution in [-0.2, 0) is 29.9 Å². The predicted octanol–water partition coefficient (Wildman–Crippen LogP) is 6.33. The average Bonchev–Trinajstić information content (AvgIpc) is 4.16. The molecule has 0 bridgehead atoms. The standard InChI is InChI=1S/C46H55ClN6O8S/c1-8-28-24-46(28,43(57)52-62(58,59)33-19-20-33)51-40(55)36-23-32(61-41-35-22-30(47)16-21-34(35)37(60-7)25-48-41)26-53(36)42(56)38(44(2,3)4)49-31-17-14-27(15-18-31)39(54)50-45(5,6)29-12-10-9-11-13-29/h9-18,21-22,25,28,32-33,36,38,49H,8,19-20,23-24,26H2,1-7H3,(H,50,54)(H,51,55)(H,52,57)/t28-,32-,36+,38+,46-/m1/s1. The van der Waals surface area contributed by atoms with E-state index in [0.717, 1.165) is 5.56 Å². The summed E-state index contributed by atoms with van der Waals surface area (Å²) in [6.45, 7) is 11.4. The van der Waals surface area contributed by atoms with Crippen molar-refractivity contribution in [1.82, 2.24) is 25.2 Å². The molecule has 3 aromatic carbocycles. The van der Waals surface area contributed by atoms with Crippen LogP contribution in [-0.4, -0.2) is 84.6 Å². The highest BCUT2D eigenvalue weighted by molar-refractivity contribution is 7.91. The monoisotopic (exact) mass is 886 g/mol. The molecule has 7 rings (SSSR count). The number of nitrogens with zero attached hydrogens (tertiary/aromatic N) is 2. The minimum Gasteiger partial charge on any atom is -0.494 e. The van der Waals surface area contributed by atoms with Crippen LogP contribution in [0.2, 0.25) is 5.02 Å². The molecule has 4 N–H and O–H groups in total. The van der Waals surface area contributed by atoms with Gasteiger partial charge in [-0.1, -0.05) is 76.0 Å². The van der Waals surface area contributed by atoms with Crippen LogP contribution in [0.5, 0.6) is 11.6 Å². The Balaban J connectivity index is 1.15. The number of rotatable bonds is 15. The number of ether oxygens (including phenoxy) is 2. The van der Waals surface area contributed by atoms with Gasteiger partial charge in [0.1, 0.15) is 29.5 Å². The lowest BCUT2D eigenvalue weighted by molar-refractivity contribution is -0.141. The molecule has 4 amide bonds. The molecule has 0 spiro atoms. The highest BCUT2D eigenvalue weighted by Crippen LogP contribution is 2.47. The van der Waals surface area contributed by atoms with Crippen molar-refractivity contribution in [1.29, 1.82) is 0 Å². The van der Waals surface area contributed by atoms with Crippen LogP contribution in [0.15, 0.2) is 79.0 Å². The SMILES string of the molecule is CC[C@@H]1C[C@]1(NC(=O)[C@@H]1C[C@@H](Oc2ncc(OC)c3ccc(Cl)cc23)CN1C(=O)[C@H](Nc1ccc(C(=O)NC(C)(C)c2ccccc2)cc1)C(C)(C)C)C(=O)NS(=O)(=O)C1CC1. The number of hydrogen-bond acceptors (Lipinski definition) is 10. The van der Waals surface area contributed by atoms with Crippen LogP contribution in [0.3, 0.4) is 0 Å². The molecule has 16 heteroatoms. The van der Waals surface area contributed by atoms with Crippen LogP contribution in [0.1, 0.15) is 89.6 Å². The Hall–Kier alpha value is -5.41. The number of nitrogens with one attached hydrogen (secondary N) is 4. The van der Waals surface area contributed by atoms with Crippen molar-refractivity contribution in [2.45, 2.75) is 108 Å². The van der Waals surface area contributed by atoms with E-state index in [0.29, 0.717) is 52.1 Å². The van der Waals surface area contributed by atoms with Crippen molar-refractivity contribution in [3.63, 3.8) is 0 Å². The molecule has 1 aromatic heterocycles. The molecule has 3 fully saturated rings. The lowest BCUT2D eigenvalue weighted by Gasteiger charge is -2.36. The molecule has 2 saturated carbocycles. The van der Waals surface area contributed by atoms with Crippen molar-refractivity contribution in [2.75, 3.05) is 19.0 Å². The van der Waals surface area contributed by atoms with E-state index < -0.39 is 67.7 Å². The van der Waals surface area contributed by atoms with Crippen molar-refractivity contribution >= 4 is 61.7 Å².